The van der Waals surface area contributed by atoms with Crippen molar-refractivity contribution in [2.75, 3.05) is 18.0 Å². The molecule has 7 nitrogen and oxygen atoms in total. The van der Waals surface area contributed by atoms with Crippen molar-refractivity contribution in [2.24, 2.45) is 0 Å². The van der Waals surface area contributed by atoms with Gasteiger partial charge in [0.05, 0.1) is 5.02 Å². The lowest BCUT2D eigenvalue weighted by atomic mass is 10.1. The van der Waals surface area contributed by atoms with E-state index in [0.717, 1.165) is 30.8 Å². The Hall–Kier alpha value is -1.80. The lowest BCUT2D eigenvalue weighted by Crippen LogP contribution is -2.46. The van der Waals surface area contributed by atoms with Gasteiger partial charge in [-0.3, -0.25) is 0 Å². The number of hydrogen-bond acceptors (Lipinski definition) is 7. The molecule has 1 fully saturated rings. The molecular formula is C16H21ClN4O3S. The Morgan fingerprint density at radius 1 is 1.44 bits per heavy atom. The molecule has 1 aliphatic rings. The summed E-state index contributed by atoms with van der Waals surface area (Å²) in [7, 11) is 0. The van der Waals surface area contributed by atoms with E-state index in [2.05, 4.69) is 15.5 Å². The number of carbonyl (C=O) groups is 1. The van der Waals surface area contributed by atoms with E-state index >= 15 is 0 Å². The fraction of sp³-hybridized carbons (Fsp3) is 0.562. The quantitative estimate of drug-likeness (QED) is 0.863. The number of piperidine rings is 1. The van der Waals surface area contributed by atoms with Gasteiger partial charge in [0.15, 0.2) is 0 Å². The number of aromatic nitrogens is 2. The van der Waals surface area contributed by atoms with Crippen molar-refractivity contribution in [3.8, 4) is 10.8 Å². The SMILES string of the molecule is CC(C)(C)OC(=O)NC1CCN(c2noc(-c3sccc3Cl)n2)CC1. The van der Waals surface area contributed by atoms with Crippen LogP contribution in [0.4, 0.5) is 10.7 Å². The normalized spacial score (nSPS) is 16.1. The van der Waals surface area contributed by atoms with Crippen LogP contribution in [0, 0.1) is 0 Å². The number of anilines is 1. The average Bonchev–Trinajstić information content (AvgIpc) is 3.14. The molecule has 0 unspecified atom stereocenters. The zero-order valence-corrected chi connectivity index (χ0v) is 16.0. The van der Waals surface area contributed by atoms with Crippen LogP contribution in [0.25, 0.3) is 10.8 Å². The van der Waals surface area contributed by atoms with E-state index in [4.69, 9.17) is 20.9 Å². The van der Waals surface area contributed by atoms with Gasteiger partial charge in [-0.25, -0.2) is 4.79 Å². The number of carbonyl (C=O) groups excluding carboxylic acids is 1. The third-order valence-corrected chi connectivity index (χ3v) is 5.05. The standard InChI is InChI=1S/C16H21ClN4O3S/c1-16(2,3)23-15(22)18-10-4-7-21(8-5-10)14-19-13(24-20-14)12-11(17)6-9-25-12/h6,9-10H,4-5,7-8H2,1-3H3,(H,18,22). The van der Waals surface area contributed by atoms with Crippen molar-refractivity contribution in [3.63, 3.8) is 0 Å². The second kappa shape index (κ2) is 7.21. The largest absolute Gasteiger partial charge is 0.444 e. The molecule has 3 heterocycles. The van der Waals surface area contributed by atoms with Gasteiger partial charge in [-0.15, -0.1) is 11.3 Å². The van der Waals surface area contributed by atoms with Crippen molar-refractivity contribution >= 4 is 35.0 Å². The van der Waals surface area contributed by atoms with Crippen molar-refractivity contribution in [1.29, 1.82) is 0 Å². The number of ether oxygens (including phenoxy) is 1. The van der Waals surface area contributed by atoms with Gasteiger partial charge in [-0.2, -0.15) is 4.98 Å². The minimum absolute atomic E-state index is 0.0872. The third-order valence-electron chi connectivity index (χ3n) is 3.73. The Balaban J connectivity index is 1.54. The number of rotatable bonds is 3. The van der Waals surface area contributed by atoms with Gasteiger partial charge in [0.2, 0.25) is 0 Å². The molecule has 0 atom stereocenters. The Morgan fingerprint density at radius 3 is 2.76 bits per heavy atom. The average molecular weight is 385 g/mol. The van der Waals surface area contributed by atoms with Gasteiger partial charge < -0.3 is 19.5 Å². The number of halogens is 1. The summed E-state index contributed by atoms with van der Waals surface area (Å²) in [6.07, 6.45) is 1.21. The van der Waals surface area contributed by atoms with Crippen LogP contribution in [0.5, 0.6) is 0 Å². The van der Waals surface area contributed by atoms with Crippen molar-refractivity contribution in [2.45, 2.75) is 45.3 Å². The van der Waals surface area contributed by atoms with Gasteiger partial charge in [-0.1, -0.05) is 11.6 Å². The first-order chi connectivity index (χ1) is 11.8. The van der Waals surface area contributed by atoms with Crippen LogP contribution < -0.4 is 10.2 Å². The van der Waals surface area contributed by atoms with Crippen LogP contribution in [-0.4, -0.2) is 41.0 Å². The molecule has 2 aromatic rings. The lowest BCUT2D eigenvalue weighted by molar-refractivity contribution is 0.0497. The molecule has 9 heteroatoms. The Bertz CT molecular complexity index is 732. The van der Waals surface area contributed by atoms with Gasteiger partial charge >= 0.3 is 6.09 Å². The fourth-order valence-corrected chi connectivity index (χ4v) is 3.64. The highest BCUT2D eigenvalue weighted by Crippen LogP contribution is 2.33. The first-order valence-electron chi connectivity index (χ1n) is 8.13. The Labute approximate surface area is 155 Å². The second-order valence-corrected chi connectivity index (χ2v) is 8.23. The molecule has 1 N–H and O–H groups in total. The summed E-state index contributed by atoms with van der Waals surface area (Å²) in [5.41, 5.74) is -0.491. The number of nitrogens with one attached hydrogen (secondary N) is 1. The van der Waals surface area contributed by atoms with E-state index in [0.29, 0.717) is 16.9 Å². The number of thiophene rings is 1. The number of amides is 1. The summed E-state index contributed by atoms with van der Waals surface area (Å²) < 4.78 is 10.6. The maximum Gasteiger partial charge on any atom is 0.407 e. The molecule has 0 radical (unpaired) electrons. The van der Waals surface area contributed by atoms with Crippen LogP contribution in [0.3, 0.4) is 0 Å². The Kier molecular flexibility index (Phi) is 5.19. The van der Waals surface area contributed by atoms with Crippen molar-refractivity contribution in [3.05, 3.63) is 16.5 Å². The van der Waals surface area contributed by atoms with Crippen LogP contribution >= 0.6 is 22.9 Å². The van der Waals surface area contributed by atoms with Crippen LogP contribution in [0.1, 0.15) is 33.6 Å². The van der Waals surface area contributed by atoms with Crippen LogP contribution in [-0.2, 0) is 4.74 Å². The van der Waals surface area contributed by atoms with Gasteiger partial charge in [0, 0.05) is 19.1 Å². The molecule has 3 rings (SSSR count). The summed E-state index contributed by atoms with van der Waals surface area (Å²) in [5.74, 6) is 0.985. The zero-order chi connectivity index (χ0) is 18.0. The molecule has 1 aliphatic heterocycles. The number of nitrogens with zero attached hydrogens (tertiary/aromatic N) is 3. The number of hydrogen-bond donors (Lipinski definition) is 1. The summed E-state index contributed by atoms with van der Waals surface area (Å²) in [5, 5.41) is 9.46. The predicted octanol–water partition coefficient (Wildman–Crippen LogP) is 3.95. The zero-order valence-electron chi connectivity index (χ0n) is 14.4. The highest BCUT2D eigenvalue weighted by atomic mass is 35.5. The molecule has 136 valence electrons. The van der Waals surface area contributed by atoms with E-state index < -0.39 is 5.60 Å². The molecule has 0 spiro atoms. The maximum absolute atomic E-state index is 11.8. The summed E-state index contributed by atoms with van der Waals surface area (Å²) in [4.78, 5) is 19.1. The second-order valence-electron chi connectivity index (χ2n) is 6.90. The van der Waals surface area contributed by atoms with E-state index in [9.17, 15) is 4.79 Å². The minimum atomic E-state index is -0.491. The van der Waals surface area contributed by atoms with Crippen molar-refractivity contribution in [1.82, 2.24) is 15.5 Å². The molecule has 0 aromatic carbocycles. The topological polar surface area (TPSA) is 80.5 Å². The van der Waals surface area contributed by atoms with Crippen LogP contribution in [0.15, 0.2) is 16.0 Å². The molecule has 1 saturated heterocycles. The summed E-state index contributed by atoms with van der Waals surface area (Å²) in [6.45, 7) is 7.02. The molecule has 1 amide bonds. The predicted molar refractivity (Wildman–Crippen MR) is 97.2 cm³/mol. The molecule has 0 saturated carbocycles. The van der Waals surface area contributed by atoms with Gasteiger partial charge in [0.25, 0.3) is 11.8 Å². The number of alkyl carbamates (subject to hydrolysis) is 1. The van der Waals surface area contributed by atoms with E-state index in [1.165, 1.54) is 11.3 Å². The summed E-state index contributed by atoms with van der Waals surface area (Å²) in [6, 6.07) is 1.89. The molecular weight excluding hydrogens is 364 g/mol. The Morgan fingerprint density at radius 2 is 2.16 bits per heavy atom. The first kappa shape index (κ1) is 18.0. The van der Waals surface area contributed by atoms with E-state index in [1.807, 2.05) is 31.1 Å². The molecule has 0 bridgehead atoms. The smallest absolute Gasteiger partial charge is 0.407 e. The van der Waals surface area contributed by atoms with Crippen molar-refractivity contribution < 1.29 is 14.1 Å². The van der Waals surface area contributed by atoms with Crippen LogP contribution in [0.2, 0.25) is 5.02 Å². The van der Waals surface area contributed by atoms with Gasteiger partial charge in [0.1, 0.15) is 10.5 Å². The highest BCUT2D eigenvalue weighted by molar-refractivity contribution is 7.14. The van der Waals surface area contributed by atoms with Gasteiger partial charge in [-0.05, 0) is 50.2 Å². The molecule has 0 aliphatic carbocycles. The highest BCUT2D eigenvalue weighted by Gasteiger charge is 2.26. The monoisotopic (exact) mass is 384 g/mol. The minimum Gasteiger partial charge on any atom is -0.444 e. The molecule has 25 heavy (non-hydrogen) atoms. The fourth-order valence-electron chi connectivity index (χ4n) is 2.58. The first-order valence-corrected chi connectivity index (χ1v) is 9.39. The lowest BCUT2D eigenvalue weighted by Gasteiger charge is -2.31. The maximum atomic E-state index is 11.8. The third kappa shape index (κ3) is 4.64. The summed E-state index contributed by atoms with van der Waals surface area (Å²) >= 11 is 7.57. The van der Waals surface area contributed by atoms with E-state index in [1.54, 1.807) is 6.07 Å². The van der Waals surface area contributed by atoms with E-state index in [-0.39, 0.29) is 12.1 Å². The molecule has 2 aromatic heterocycles.